The second-order valence-corrected chi connectivity index (χ2v) is 13.0. The summed E-state index contributed by atoms with van der Waals surface area (Å²) >= 11 is 0.300. The van der Waals surface area contributed by atoms with Gasteiger partial charge in [-0.15, -0.1) is 12.3 Å². The summed E-state index contributed by atoms with van der Waals surface area (Å²) < 4.78 is 16.3. The maximum absolute atomic E-state index is 10.9. The molecule has 0 spiro atoms. The Kier molecular flexibility index (Phi) is 11.6. The van der Waals surface area contributed by atoms with Gasteiger partial charge >= 0.3 is 29.6 Å². The summed E-state index contributed by atoms with van der Waals surface area (Å²) in [7, 11) is 0. The van der Waals surface area contributed by atoms with Crippen LogP contribution in [0.4, 0.5) is 0 Å². The molecule has 0 aromatic rings. The van der Waals surface area contributed by atoms with E-state index < -0.39 is 5.60 Å². The van der Waals surface area contributed by atoms with Crippen LogP contribution in [0.2, 0.25) is 0 Å². The van der Waals surface area contributed by atoms with Gasteiger partial charge in [-0.3, -0.25) is 0 Å². The van der Waals surface area contributed by atoms with Crippen LogP contribution in [0, 0.1) is 40.4 Å². The van der Waals surface area contributed by atoms with E-state index in [4.69, 9.17) is 4.18 Å². The van der Waals surface area contributed by atoms with E-state index in [1.165, 1.54) is 44.9 Å². The predicted octanol–water partition coefficient (Wildman–Crippen LogP) is 5.34. The van der Waals surface area contributed by atoms with E-state index in [1.54, 1.807) is 5.57 Å². The monoisotopic (exact) mass is 502 g/mol. The van der Waals surface area contributed by atoms with Crippen molar-refractivity contribution in [1.82, 2.24) is 0 Å². The minimum atomic E-state index is -0.530. The van der Waals surface area contributed by atoms with Crippen LogP contribution >= 0.6 is 12.3 Å². The standard InChI is InChI=1S/C27H46O3S.C2H6.Na/c1-18(7-6-14-25(2,3)28)22-10-11-23-21-9-8-19-17-20(30-31-29)12-15-26(19,4)24(21)13-16-27(22,23)5;1-2;/h8,18,20-24,28-29H,6-7,9-17H2,1-5H3;1-2H3;/q;;+1/p-1/t18-,20?,21?,22-,23?,24?,26?,27?;;/m1../s1. The minimum absolute atomic E-state index is 0. The number of fused-ring (bicyclic) bond motifs is 5. The summed E-state index contributed by atoms with van der Waals surface area (Å²) in [5, 5.41) is 10.1. The molecule has 8 atom stereocenters. The number of rotatable bonds is 7. The second kappa shape index (κ2) is 12.7. The fourth-order valence-electron chi connectivity index (χ4n) is 8.80. The molecular formula is C29H51NaO3S. The van der Waals surface area contributed by atoms with E-state index >= 15 is 0 Å². The molecule has 0 amide bonds. The first-order valence-electron chi connectivity index (χ1n) is 14.0. The molecule has 0 heterocycles. The molecule has 4 aliphatic carbocycles. The number of hydrogen-bond acceptors (Lipinski definition) is 4. The zero-order chi connectivity index (χ0) is 24.4. The van der Waals surface area contributed by atoms with Gasteiger partial charge in [0.2, 0.25) is 0 Å². The third-order valence-electron chi connectivity index (χ3n) is 10.4. The molecular weight excluding hydrogens is 451 g/mol. The Morgan fingerprint density at radius 3 is 2.50 bits per heavy atom. The van der Waals surface area contributed by atoms with Gasteiger partial charge in [0.15, 0.2) is 0 Å². The second-order valence-electron chi connectivity index (χ2n) is 12.7. The molecule has 5 heteroatoms. The van der Waals surface area contributed by atoms with Gasteiger partial charge in [-0.05, 0) is 112 Å². The SMILES string of the molecule is CC.C[C@H](CCCC(C)(C)O)[C@H]1CCC2C3CC=C4CC(OS[O-])CCC4(C)C3CCC21C.[Na+]. The van der Waals surface area contributed by atoms with Gasteiger partial charge < -0.3 is 13.8 Å². The topological polar surface area (TPSA) is 52.5 Å². The molecule has 0 radical (unpaired) electrons. The molecule has 0 bridgehead atoms. The molecule has 0 aromatic carbocycles. The Balaban J connectivity index is 0.00000133. The van der Waals surface area contributed by atoms with Crippen molar-refractivity contribution in [3.05, 3.63) is 11.6 Å². The van der Waals surface area contributed by atoms with Crippen LogP contribution in [0.5, 0.6) is 0 Å². The van der Waals surface area contributed by atoms with Crippen LogP contribution in [-0.2, 0) is 4.18 Å². The van der Waals surface area contributed by atoms with E-state index in [-0.39, 0.29) is 35.7 Å². The first kappa shape index (κ1) is 31.2. The predicted molar refractivity (Wildman–Crippen MR) is 139 cm³/mol. The first-order chi connectivity index (χ1) is 15.6. The Morgan fingerprint density at radius 2 is 1.85 bits per heavy atom. The number of hydrogen-bond donors (Lipinski definition) is 1. The maximum atomic E-state index is 10.9. The van der Waals surface area contributed by atoms with Gasteiger partial charge in [-0.1, -0.05) is 59.1 Å². The van der Waals surface area contributed by atoms with Crippen LogP contribution < -0.4 is 29.6 Å². The van der Waals surface area contributed by atoms with Crippen LogP contribution in [0.15, 0.2) is 11.6 Å². The van der Waals surface area contributed by atoms with Crippen LogP contribution in [0.1, 0.15) is 119 Å². The fraction of sp³-hybridized carbons (Fsp3) is 0.931. The molecule has 3 nitrogen and oxygen atoms in total. The number of aliphatic hydroxyl groups is 1. The van der Waals surface area contributed by atoms with Crippen LogP contribution in [0.25, 0.3) is 0 Å². The third kappa shape index (κ3) is 6.33. The Labute approximate surface area is 237 Å². The minimum Gasteiger partial charge on any atom is -0.776 e. The van der Waals surface area contributed by atoms with E-state index in [2.05, 4.69) is 26.8 Å². The summed E-state index contributed by atoms with van der Waals surface area (Å²) in [5.41, 5.74) is 1.89. The van der Waals surface area contributed by atoms with E-state index in [0.717, 1.165) is 55.3 Å². The van der Waals surface area contributed by atoms with Gasteiger partial charge in [0.1, 0.15) is 0 Å². The summed E-state index contributed by atoms with van der Waals surface area (Å²) in [6.07, 6.45) is 16.0. The summed E-state index contributed by atoms with van der Waals surface area (Å²) in [5.74, 6) is 4.13. The number of allylic oxidation sites excluding steroid dienone is 1. The molecule has 3 fully saturated rings. The van der Waals surface area contributed by atoms with Crippen molar-refractivity contribution in [2.24, 2.45) is 40.4 Å². The zero-order valence-electron chi connectivity index (χ0n) is 23.5. The average molecular weight is 503 g/mol. The van der Waals surface area contributed by atoms with Crippen molar-refractivity contribution in [2.75, 3.05) is 0 Å². The Morgan fingerprint density at radius 1 is 1.15 bits per heavy atom. The molecule has 34 heavy (non-hydrogen) atoms. The first-order valence-corrected chi connectivity index (χ1v) is 14.6. The van der Waals surface area contributed by atoms with Gasteiger partial charge in [-0.25, -0.2) is 0 Å². The van der Waals surface area contributed by atoms with E-state index in [9.17, 15) is 9.66 Å². The molecule has 0 saturated heterocycles. The van der Waals surface area contributed by atoms with Crippen LogP contribution in [0.3, 0.4) is 0 Å². The largest absolute Gasteiger partial charge is 1.00 e. The van der Waals surface area contributed by atoms with Crippen molar-refractivity contribution in [3.63, 3.8) is 0 Å². The van der Waals surface area contributed by atoms with Crippen molar-refractivity contribution in [3.8, 4) is 0 Å². The third-order valence-corrected chi connectivity index (χ3v) is 10.8. The van der Waals surface area contributed by atoms with Crippen molar-refractivity contribution in [2.45, 2.75) is 131 Å². The molecule has 1 N–H and O–H groups in total. The smallest absolute Gasteiger partial charge is 0.776 e. The zero-order valence-corrected chi connectivity index (χ0v) is 26.3. The molecule has 4 rings (SSSR count). The summed E-state index contributed by atoms with van der Waals surface area (Å²) in [6, 6.07) is 0. The van der Waals surface area contributed by atoms with Crippen LogP contribution in [-0.4, -0.2) is 21.4 Å². The molecule has 6 unspecified atom stereocenters. The van der Waals surface area contributed by atoms with Crippen molar-refractivity contribution >= 4 is 12.3 Å². The Bertz CT molecular complexity index is 677. The maximum Gasteiger partial charge on any atom is 1.00 e. The van der Waals surface area contributed by atoms with Gasteiger partial charge in [0, 0.05) is 0 Å². The quantitative estimate of drug-likeness (QED) is 0.290. The molecule has 4 aliphatic rings. The van der Waals surface area contributed by atoms with Gasteiger partial charge in [0.25, 0.3) is 0 Å². The van der Waals surface area contributed by atoms with Crippen molar-refractivity contribution < 1.29 is 43.4 Å². The van der Waals surface area contributed by atoms with E-state index in [1.807, 2.05) is 27.7 Å². The summed E-state index contributed by atoms with van der Waals surface area (Å²) in [6.45, 7) is 15.5. The molecule has 0 aliphatic heterocycles. The Hall–Kier alpha value is 0.970. The molecule has 0 aromatic heterocycles. The van der Waals surface area contributed by atoms with Gasteiger partial charge in [0.05, 0.1) is 11.7 Å². The normalized spacial score (nSPS) is 39.9. The summed E-state index contributed by atoms with van der Waals surface area (Å²) in [4.78, 5) is 0. The van der Waals surface area contributed by atoms with E-state index in [0.29, 0.717) is 23.2 Å². The average Bonchev–Trinajstić information content (AvgIpc) is 3.12. The van der Waals surface area contributed by atoms with Gasteiger partial charge in [-0.2, -0.15) is 0 Å². The fourth-order valence-corrected chi connectivity index (χ4v) is 9.07. The van der Waals surface area contributed by atoms with Crippen molar-refractivity contribution in [1.29, 1.82) is 0 Å². The molecule has 3 saturated carbocycles. The molecule has 192 valence electrons.